The predicted octanol–water partition coefficient (Wildman–Crippen LogP) is 0.747. The highest BCUT2D eigenvalue weighted by atomic mass is 16.1. The van der Waals surface area contributed by atoms with Crippen molar-refractivity contribution in [2.45, 2.75) is 26.7 Å². The minimum absolute atomic E-state index is 0.0412. The summed E-state index contributed by atoms with van der Waals surface area (Å²) in [6, 6.07) is 0. The number of rotatable bonds is 6. The number of terminal acetylenes is 1. The summed E-state index contributed by atoms with van der Waals surface area (Å²) in [5.74, 6) is 2.77. The quantitative estimate of drug-likeness (QED) is 0.486. The summed E-state index contributed by atoms with van der Waals surface area (Å²) in [7, 11) is 0. The lowest BCUT2D eigenvalue weighted by Gasteiger charge is -2.17. The second-order valence-electron chi connectivity index (χ2n) is 3.68. The number of amides is 1. The molecule has 14 heavy (non-hydrogen) atoms. The van der Waals surface area contributed by atoms with Gasteiger partial charge in [0, 0.05) is 19.5 Å². The van der Waals surface area contributed by atoms with Crippen LogP contribution in [0.2, 0.25) is 0 Å². The van der Waals surface area contributed by atoms with Crippen LogP contribution >= 0.6 is 0 Å². The fourth-order valence-corrected chi connectivity index (χ4v) is 1.22. The maximum atomic E-state index is 11.5. The third kappa shape index (κ3) is 4.88. The molecule has 0 aliphatic carbocycles. The zero-order valence-corrected chi connectivity index (χ0v) is 9.05. The van der Waals surface area contributed by atoms with Crippen LogP contribution in [0.3, 0.4) is 0 Å². The van der Waals surface area contributed by atoms with E-state index in [9.17, 15) is 4.79 Å². The lowest BCUT2D eigenvalue weighted by molar-refractivity contribution is -0.125. The fraction of sp³-hybridized carbons (Fsp3) is 0.727. The van der Waals surface area contributed by atoms with Crippen LogP contribution in [-0.2, 0) is 4.79 Å². The van der Waals surface area contributed by atoms with E-state index in [1.54, 1.807) is 0 Å². The average Bonchev–Trinajstić information content (AvgIpc) is 2.13. The summed E-state index contributed by atoms with van der Waals surface area (Å²) in [6.45, 7) is 5.04. The molecule has 3 nitrogen and oxygen atoms in total. The third-order valence-electron chi connectivity index (χ3n) is 2.19. The molecule has 0 aromatic rings. The summed E-state index contributed by atoms with van der Waals surface area (Å²) in [5.41, 5.74) is 5.51. The highest BCUT2D eigenvalue weighted by Gasteiger charge is 2.19. The Morgan fingerprint density at radius 1 is 1.57 bits per heavy atom. The molecule has 1 atom stereocenters. The normalized spacial score (nSPS) is 12.2. The average molecular weight is 196 g/mol. The van der Waals surface area contributed by atoms with Crippen LogP contribution in [0, 0.1) is 24.2 Å². The maximum Gasteiger partial charge on any atom is 0.224 e. The van der Waals surface area contributed by atoms with Crippen molar-refractivity contribution in [3.05, 3.63) is 0 Å². The first kappa shape index (κ1) is 13.0. The van der Waals surface area contributed by atoms with Crippen molar-refractivity contribution in [2.75, 3.05) is 13.1 Å². The fourth-order valence-electron chi connectivity index (χ4n) is 1.22. The molecule has 0 aliphatic rings. The molecule has 80 valence electrons. The second-order valence-corrected chi connectivity index (χ2v) is 3.68. The van der Waals surface area contributed by atoms with E-state index in [1.807, 2.05) is 13.8 Å². The summed E-state index contributed by atoms with van der Waals surface area (Å²) < 4.78 is 0. The third-order valence-corrected chi connectivity index (χ3v) is 2.19. The molecule has 0 bridgehead atoms. The van der Waals surface area contributed by atoms with Gasteiger partial charge in [0.05, 0.1) is 5.92 Å². The van der Waals surface area contributed by atoms with Crippen molar-refractivity contribution in [2.24, 2.45) is 17.6 Å². The molecular formula is C11H20N2O. The molecular weight excluding hydrogens is 176 g/mol. The first-order valence-corrected chi connectivity index (χ1v) is 5.04. The van der Waals surface area contributed by atoms with E-state index in [0.29, 0.717) is 19.5 Å². The van der Waals surface area contributed by atoms with Crippen LogP contribution in [0.1, 0.15) is 26.7 Å². The number of nitrogens with one attached hydrogen (secondary N) is 1. The number of nitrogens with two attached hydrogens (primary N) is 1. The van der Waals surface area contributed by atoms with Crippen LogP contribution in [0.15, 0.2) is 0 Å². The minimum Gasteiger partial charge on any atom is -0.356 e. The summed E-state index contributed by atoms with van der Waals surface area (Å²) in [5, 5.41) is 2.84. The Morgan fingerprint density at radius 3 is 2.64 bits per heavy atom. The van der Waals surface area contributed by atoms with Crippen molar-refractivity contribution >= 4 is 5.91 Å². The Morgan fingerprint density at radius 2 is 2.21 bits per heavy atom. The highest BCUT2D eigenvalue weighted by Crippen LogP contribution is 2.08. The van der Waals surface area contributed by atoms with E-state index in [1.165, 1.54) is 0 Å². The maximum absolute atomic E-state index is 11.5. The SMILES string of the molecule is C#CCCCNC(=O)C(CN)C(C)C. The molecule has 0 fully saturated rings. The molecule has 0 aromatic carbocycles. The lowest BCUT2D eigenvalue weighted by Crippen LogP contribution is -2.38. The lowest BCUT2D eigenvalue weighted by atomic mass is 9.95. The molecule has 0 saturated carbocycles. The first-order chi connectivity index (χ1) is 6.63. The topological polar surface area (TPSA) is 55.1 Å². The molecule has 0 aromatic heterocycles. The van der Waals surface area contributed by atoms with E-state index in [-0.39, 0.29) is 17.7 Å². The van der Waals surface area contributed by atoms with E-state index in [2.05, 4.69) is 11.2 Å². The smallest absolute Gasteiger partial charge is 0.224 e. The molecule has 0 rings (SSSR count). The van der Waals surface area contributed by atoms with Gasteiger partial charge in [0.2, 0.25) is 5.91 Å². The number of hydrogen-bond acceptors (Lipinski definition) is 2. The van der Waals surface area contributed by atoms with Crippen LogP contribution < -0.4 is 11.1 Å². The van der Waals surface area contributed by atoms with E-state index < -0.39 is 0 Å². The van der Waals surface area contributed by atoms with Gasteiger partial charge in [0.25, 0.3) is 0 Å². The zero-order chi connectivity index (χ0) is 11.0. The molecule has 0 saturated heterocycles. The molecule has 3 N–H and O–H groups in total. The van der Waals surface area contributed by atoms with Gasteiger partial charge in [-0.2, -0.15) is 0 Å². The van der Waals surface area contributed by atoms with Gasteiger partial charge >= 0.3 is 0 Å². The Hall–Kier alpha value is -1.01. The monoisotopic (exact) mass is 196 g/mol. The van der Waals surface area contributed by atoms with Crippen LogP contribution in [0.5, 0.6) is 0 Å². The standard InChI is InChI=1S/C11H20N2O/c1-4-5-6-7-13-11(14)10(8-12)9(2)3/h1,9-10H,5-8,12H2,2-3H3,(H,13,14). The largest absolute Gasteiger partial charge is 0.356 e. The summed E-state index contributed by atoms with van der Waals surface area (Å²) in [4.78, 5) is 11.5. The van der Waals surface area contributed by atoms with Gasteiger partial charge in [-0.15, -0.1) is 12.3 Å². The van der Waals surface area contributed by atoms with Gasteiger partial charge in [0.15, 0.2) is 0 Å². The van der Waals surface area contributed by atoms with Gasteiger partial charge in [0.1, 0.15) is 0 Å². The molecule has 3 heteroatoms. The van der Waals surface area contributed by atoms with Crippen LogP contribution in [-0.4, -0.2) is 19.0 Å². The Labute approximate surface area is 86.4 Å². The Balaban J connectivity index is 3.77. The van der Waals surface area contributed by atoms with Crippen molar-refractivity contribution in [3.63, 3.8) is 0 Å². The molecule has 0 spiro atoms. The van der Waals surface area contributed by atoms with Gasteiger partial charge in [-0.05, 0) is 12.3 Å². The minimum atomic E-state index is -0.0826. The second kappa shape index (κ2) is 7.40. The van der Waals surface area contributed by atoms with Crippen LogP contribution in [0.4, 0.5) is 0 Å². The molecule has 1 amide bonds. The molecule has 0 radical (unpaired) electrons. The predicted molar refractivity (Wildman–Crippen MR) is 58.5 cm³/mol. The van der Waals surface area contributed by atoms with Gasteiger partial charge < -0.3 is 11.1 Å². The molecule has 0 aliphatic heterocycles. The van der Waals surface area contributed by atoms with Crippen molar-refractivity contribution in [1.29, 1.82) is 0 Å². The van der Waals surface area contributed by atoms with Crippen LogP contribution in [0.25, 0.3) is 0 Å². The van der Waals surface area contributed by atoms with E-state index in [4.69, 9.17) is 12.2 Å². The Bertz CT molecular complexity index is 206. The van der Waals surface area contributed by atoms with E-state index in [0.717, 1.165) is 6.42 Å². The highest BCUT2D eigenvalue weighted by molar-refractivity contribution is 5.79. The van der Waals surface area contributed by atoms with Gasteiger partial charge in [-0.1, -0.05) is 13.8 Å². The molecule has 0 heterocycles. The number of carbonyl (C=O) groups is 1. The van der Waals surface area contributed by atoms with Crippen molar-refractivity contribution in [1.82, 2.24) is 5.32 Å². The van der Waals surface area contributed by atoms with E-state index >= 15 is 0 Å². The zero-order valence-electron chi connectivity index (χ0n) is 9.05. The summed E-state index contributed by atoms with van der Waals surface area (Å²) in [6.07, 6.45) is 6.63. The van der Waals surface area contributed by atoms with Gasteiger partial charge in [-0.25, -0.2) is 0 Å². The number of unbranched alkanes of at least 4 members (excludes halogenated alkanes) is 1. The van der Waals surface area contributed by atoms with Crippen molar-refractivity contribution < 1.29 is 4.79 Å². The first-order valence-electron chi connectivity index (χ1n) is 5.04. The Kier molecular flexibility index (Phi) is 6.87. The number of carbonyl (C=O) groups excluding carboxylic acids is 1. The van der Waals surface area contributed by atoms with Crippen molar-refractivity contribution in [3.8, 4) is 12.3 Å². The summed E-state index contributed by atoms with van der Waals surface area (Å²) >= 11 is 0. The molecule has 1 unspecified atom stereocenters. The number of hydrogen-bond donors (Lipinski definition) is 2. The van der Waals surface area contributed by atoms with Gasteiger partial charge in [-0.3, -0.25) is 4.79 Å².